The van der Waals surface area contributed by atoms with Crippen molar-refractivity contribution in [3.8, 4) is 0 Å². The van der Waals surface area contributed by atoms with Gasteiger partial charge in [0.05, 0.1) is 6.04 Å². The maximum absolute atomic E-state index is 14.2. The summed E-state index contributed by atoms with van der Waals surface area (Å²) < 4.78 is 27.7. The van der Waals surface area contributed by atoms with E-state index in [9.17, 15) is 32.4 Å². The fourth-order valence-corrected chi connectivity index (χ4v) is 8.72. The fourth-order valence-electron chi connectivity index (χ4n) is 6.33. The maximum atomic E-state index is 14.2. The molecule has 2 saturated heterocycles. The predicted molar refractivity (Wildman–Crippen MR) is 189 cm³/mol. The van der Waals surface area contributed by atoms with Crippen molar-refractivity contribution < 1.29 is 32.4 Å². The second-order valence-corrected chi connectivity index (χ2v) is 17.7. The molecular formula is C34H56N6O7S2. The minimum absolute atomic E-state index is 0.0000886. The number of Topliss-reactive ketones (excluding diaryl/α,β-unsaturated/α-hetero) is 1. The van der Waals surface area contributed by atoms with Crippen LogP contribution in [0.1, 0.15) is 98.8 Å². The summed E-state index contributed by atoms with van der Waals surface area (Å²) in [5.74, 6) is -2.31. The van der Waals surface area contributed by atoms with Gasteiger partial charge in [-0.15, -0.1) is 11.3 Å². The SMILES string of the molecule is CCNC(=O)C(=O)[C@@H]1CCCCCCCCC[C@H](NC(=O)N[C@H](CN(C)S(=O)(=O)c2cccs2)C(C)(C)C)C(=O)N2C[C@H](C)C[C@H]2C(=O)N1. The molecule has 1 aromatic rings. The van der Waals surface area contributed by atoms with E-state index in [-0.39, 0.29) is 29.1 Å². The van der Waals surface area contributed by atoms with E-state index in [1.165, 1.54) is 16.3 Å². The number of sulfonamides is 1. The molecule has 1 aromatic heterocycles. The van der Waals surface area contributed by atoms with Gasteiger partial charge in [-0.1, -0.05) is 78.7 Å². The summed E-state index contributed by atoms with van der Waals surface area (Å²) in [5.41, 5.74) is -0.531. The van der Waals surface area contributed by atoms with Crippen molar-refractivity contribution in [2.24, 2.45) is 11.3 Å². The topological polar surface area (TPSA) is 174 Å². The number of carbonyl (C=O) groups is 5. The van der Waals surface area contributed by atoms with Crippen LogP contribution in [-0.2, 0) is 29.2 Å². The number of nitrogens with zero attached hydrogens (tertiary/aromatic N) is 2. The zero-order valence-electron chi connectivity index (χ0n) is 29.9. The van der Waals surface area contributed by atoms with Crippen molar-refractivity contribution in [3.05, 3.63) is 17.5 Å². The smallest absolute Gasteiger partial charge is 0.315 e. The monoisotopic (exact) mass is 724 g/mol. The first kappa shape index (κ1) is 40.4. The summed E-state index contributed by atoms with van der Waals surface area (Å²) in [6, 6.07) is -0.757. The van der Waals surface area contributed by atoms with Crippen LogP contribution < -0.4 is 21.3 Å². The van der Waals surface area contributed by atoms with Gasteiger partial charge in [0.1, 0.15) is 16.3 Å². The van der Waals surface area contributed by atoms with Gasteiger partial charge in [-0.3, -0.25) is 19.2 Å². The van der Waals surface area contributed by atoms with Crippen molar-refractivity contribution >= 4 is 50.9 Å². The van der Waals surface area contributed by atoms with E-state index in [1.807, 2.05) is 27.7 Å². The highest BCUT2D eigenvalue weighted by Gasteiger charge is 2.42. The lowest BCUT2D eigenvalue weighted by atomic mass is 9.87. The molecule has 15 heteroatoms. The van der Waals surface area contributed by atoms with Gasteiger partial charge in [0.15, 0.2) is 0 Å². The Balaban J connectivity index is 1.81. The molecule has 2 fully saturated rings. The predicted octanol–water partition coefficient (Wildman–Crippen LogP) is 3.40. The number of carbonyl (C=O) groups excluding carboxylic acids is 5. The maximum Gasteiger partial charge on any atom is 0.315 e. The van der Waals surface area contributed by atoms with E-state index in [0.29, 0.717) is 38.6 Å². The van der Waals surface area contributed by atoms with Gasteiger partial charge in [-0.25, -0.2) is 13.2 Å². The summed E-state index contributed by atoms with van der Waals surface area (Å²) in [7, 11) is -2.28. The van der Waals surface area contributed by atoms with Crippen LogP contribution in [0.25, 0.3) is 0 Å². The number of urea groups is 1. The fraction of sp³-hybridized carbons (Fsp3) is 0.735. The lowest BCUT2D eigenvalue weighted by Gasteiger charge is -2.35. The number of amides is 5. The Hall–Kier alpha value is -3.04. The van der Waals surface area contributed by atoms with Gasteiger partial charge >= 0.3 is 6.03 Å². The Bertz CT molecular complexity index is 1400. The number of rotatable bonds is 9. The third-order valence-corrected chi connectivity index (χ3v) is 12.5. The summed E-state index contributed by atoms with van der Waals surface area (Å²) >= 11 is 1.12. The van der Waals surface area contributed by atoms with E-state index < -0.39 is 63.2 Å². The second-order valence-electron chi connectivity index (χ2n) is 14.5. The van der Waals surface area contributed by atoms with Gasteiger partial charge in [0, 0.05) is 32.7 Å². The molecule has 0 aromatic carbocycles. The first-order valence-corrected chi connectivity index (χ1v) is 19.9. The minimum atomic E-state index is -3.76. The molecule has 0 bridgehead atoms. The Kier molecular flexibility index (Phi) is 15.1. The van der Waals surface area contributed by atoms with Crippen molar-refractivity contribution in [1.29, 1.82) is 0 Å². The number of thiophene rings is 1. The molecule has 0 aliphatic carbocycles. The molecule has 13 nitrogen and oxygen atoms in total. The van der Waals surface area contributed by atoms with E-state index >= 15 is 0 Å². The largest absolute Gasteiger partial charge is 0.350 e. The van der Waals surface area contributed by atoms with Gasteiger partial charge < -0.3 is 26.2 Å². The van der Waals surface area contributed by atoms with Crippen LogP contribution in [0.5, 0.6) is 0 Å². The average Bonchev–Trinajstić information content (AvgIpc) is 3.72. The number of nitrogens with one attached hydrogen (secondary N) is 4. The highest BCUT2D eigenvalue weighted by Crippen LogP contribution is 2.27. The van der Waals surface area contributed by atoms with Crippen molar-refractivity contribution in [2.75, 3.05) is 26.7 Å². The Morgan fingerprint density at radius 1 is 1.06 bits per heavy atom. The molecule has 276 valence electrons. The molecule has 0 saturated carbocycles. The van der Waals surface area contributed by atoms with E-state index in [1.54, 1.807) is 24.4 Å². The first-order valence-electron chi connectivity index (χ1n) is 17.6. The molecule has 2 aliphatic rings. The quantitative estimate of drug-likeness (QED) is 0.283. The van der Waals surface area contributed by atoms with Crippen LogP contribution in [0.15, 0.2) is 21.7 Å². The zero-order chi connectivity index (χ0) is 36.4. The third-order valence-electron chi connectivity index (χ3n) is 9.33. The Labute approximate surface area is 295 Å². The molecule has 5 amide bonds. The van der Waals surface area contributed by atoms with Gasteiger partial charge in [-0.2, -0.15) is 4.31 Å². The minimum Gasteiger partial charge on any atom is -0.350 e. The van der Waals surface area contributed by atoms with E-state index in [4.69, 9.17) is 0 Å². The lowest BCUT2D eigenvalue weighted by Crippen LogP contribution is -2.59. The first-order chi connectivity index (χ1) is 23.1. The molecule has 0 radical (unpaired) electrons. The molecule has 49 heavy (non-hydrogen) atoms. The van der Waals surface area contributed by atoms with Crippen molar-refractivity contribution in [1.82, 2.24) is 30.5 Å². The van der Waals surface area contributed by atoms with Crippen LogP contribution in [-0.4, -0.2) is 98.0 Å². The van der Waals surface area contributed by atoms with Crippen LogP contribution >= 0.6 is 11.3 Å². The third kappa shape index (κ3) is 11.5. The zero-order valence-corrected chi connectivity index (χ0v) is 31.5. The van der Waals surface area contributed by atoms with Crippen molar-refractivity contribution in [3.63, 3.8) is 0 Å². The molecule has 3 rings (SSSR count). The van der Waals surface area contributed by atoms with Crippen LogP contribution in [0.2, 0.25) is 0 Å². The highest BCUT2D eigenvalue weighted by atomic mass is 32.2. The lowest BCUT2D eigenvalue weighted by molar-refractivity contribution is -0.142. The number of fused-ring (bicyclic) bond motifs is 1. The van der Waals surface area contributed by atoms with E-state index in [0.717, 1.165) is 43.4 Å². The molecule has 5 atom stereocenters. The average molecular weight is 725 g/mol. The van der Waals surface area contributed by atoms with Crippen LogP contribution in [0, 0.1) is 11.3 Å². The van der Waals surface area contributed by atoms with Crippen LogP contribution in [0.3, 0.4) is 0 Å². The number of hydrogen-bond donors (Lipinski definition) is 4. The van der Waals surface area contributed by atoms with Gasteiger partial charge in [0.25, 0.3) is 15.9 Å². The highest BCUT2D eigenvalue weighted by molar-refractivity contribution is 7.91. The molecular weight excluding hydrogens is 669 g/mol. The normalized spacial score (nSPS) is 24.1. The molecule has 4 N–H and O–H groups in total. The number of hydrogen-bond acceptors (Lipinski definition) is 8. The molecule has 2 aliphatic heterocycles. The van der Waals surface area contributed by atoms with Crippen LogP contribution in [0.4, 0.5) is 4.79 Å². The Morgan fingerprint density at radius 3 is 2.29 bits per heavy atom. The molecule has 3 heterocycles. The standard InChI is InChI=1S/C34H56N6O7S2/c1-7-35-31(43)29(41)24-16-13-11-9-8-10-12-14-17-25(32(44)40-21-23(2)20-26(40)30(42)36-24)37-33(45)38-27(34(3,4)5)22-39(6)49(46,47)28-18-15-19-48-28/h15,18-19,23-27H,7-14,16-17,20-22H2,1-6H3,(H,35,43)(H,36,42)(H2,37,38,45)/t23-,24+,25+,26+,27-/m1/s1. The summed E-state index contributed by atoms with van der Waals surface area (Å²) in [5, 5.41) is 12.8. The molecule has 0 spiro atoms. The number of ketones is 1. The second kappa shape index (κ2) is 18.3. The summed E-state index contributed by atoms with van der Waals surface area (Å²) in [6.45, 7) is 9.97. The Morgan fingerprint density at radius 2 is 1.69 bits per heavy atom. The van der Waals surface area contributed by atoms with Crippen molar-refractivity contribution in [2.45, 2.75) is 127 Å². The number of likely N-dealkylation sites (N-methyl/N-ethyl adjacent to an activating group) is 2. The summed E-state index contributed by atoms with van der Waals surface area (Å²) in [4.78, 5) is 68.4. The molecule has 0 unspecified atom stereocenters. The van der Waals surface area contributed by atoms with E-state index in [2.05, 4.69) is 21.3 Å². The summed E-state index contributed by atoms with van der Waals surface area (Å²) in [6.07, 6.45) is 7.06. The van der Waals surface area contributed by atoms with Gasteiger partial charge in [0.2, 0.25) is 17.6 Å². The van der Waals surface area contributed by atoms with Gasteiger partial charge in [-0.05, 0) is 49.0 Å².